The van der Waals surface area contributed by atoms with Gasteiger partial charge in [0.25, 0.3) is 0 Å². The second kappa shape index (κ2) is 18.1. The second-order valence-corrected chi connectivity index (χ2v) is 20.4. The van der Waals surface area contributed by atoms with Crippen molar-refractivity contribution in [2.45, 2.75) is 20.8 Å². The second-order valence-electron chi connectivity index (χ2n) is 20.4. The largest absolute Gasteiger partial charge is 0.311 e. The number of hydrogen-bond donors (Lipinski definition) is 0. The molecule has 0 N–H and O–H groups in total. The van der Waals surface area contributed by atoms with Crippen LogP contribution in [0.2, 0.25) is 0 Å². The van der Waals surface area contributed by atoms with Crippen LogP contribution in [0.1, 0.15) is 16.7 Å². The number of aryl methyl sites for hydroxylation is 3. The molecule has 75 heavy (non-hydrogen) atoms. The maximum absolute atomic E-state index is 2.60. The van der Waals surface area contributed by atoms with Gasteiger partial charge in [-0.25, -0.2) is 0 Å². The number of hydrogen-bond acceptors (Lipinski definition) is 1. The highest BCUT2D eigenvalue weighted by atomic mass is 15.2. The molecule has 0 unspecified atom stereocenters. The molecule has 0 bridgehead atoms. The number of benzene rings is 13. The van der Waals surface area contributed by atoms with E-state index in [9.17, 15) is 0 Å². The summed E-state index contributed by atoms with van der Waals surface area (Å²) in [5, 5.41) is 7.50. The lowest BCUT2D eigenvalue weighted by Crippen LogP contribution is -2.59. The Bertz CT molecular complexity index is 4160. The number of rotatable bonds is 8. The summed E-state index contributed by atoms with van der Waals surface area (Å²) < 4.78 is 0. The molecule has 0 aromatic heterocycles. The van der Waals surface area contributed by atoms with Crippen LogP contribution in [0.15, 0.2) is 261 Å². The Morgan fingerprint density at radius 3 is 1.32 bits per heavy atom. The summed E-state index contributed by atoms with van der Waals surface area (Å²) >= 11 is 0. The van der Waals surface area contributed by atoms with Crippen molar-refractivity contribution in [1.29, 1.82) is 0 Å². The molecule has 0 radical (unpaired) electrons. The van der Waals surface area contributed by atoms with E-state index in [1.54, 1.807) is 0 Å². The smallest absolute Gasteiger partial charge is 0.248 e. The van der Waals surface area contributed by atoms with Crippen LogP contribution in [0.5, 0.6) is 0 Å². The van der Waals surface area contributed by atoms with Crippen molar-refractivity contribution in [3.63, 3.8) is 0 Å². The minimum atomic E-state index is -0.108. The van der Waals surface area contributed by atoms with Crippen LogP contribution in [0, 0.1) is 20.8 Å². The van der Waals surface area contributed by atoms with Crippen molar-refractivity contribution >= 4 is 72.5 Å². The number of nitrogens with zero attached hydrogens (tertiary/aromatic N) is 1. The van der Waals surface area contributed by atoms with Gasteiger partial charge in [0.15, 0.2) is 0 Å². The van der Waals surface area contributed by atoms with Gasteiger partial charge >= 0.3 is 0 Å². The summed E-state index contributed by atoms with van der Waals surface area (Å²) in [6, 6.07) is 97.4. The molecule has 0 spiro atoms. The molecule has 1 heterocycles. The molecule has 0 atom stereocenters. The van der Waals surface area contributed by atoms with Gasteiger partial charge in [-0.15, -0.1) is 0 Å². The number of fused-ring (bicyclic) bond motifs is 3. The predicted molar refractivity (Wildman–Crippen MR) is 323 cm³/mol. The average Bonchev–Trinajstić information content (AvgIpc) is 3.56. The molecule has 0 saturated heterocycles. The van der Waals surface area contributed by atoms with E-state index in [0.717, 1.165) is 5.69 Å². The van der Waals surface area contributed by atoms with E-state index < -0.39 is 0 Å². The lowest BCUT2D eigenvalue weighted by Gasteiger charge is -2.41. The van der Waals surface area contributed by atoms with Crippen molar-refractivity contribution in [1.82, 2.24) is 0 Å². The van der Waals surface area contributed by atoms with Gasteiger partial charge in [-0.1, -0.05) is 265 Å². The van der Waals surface area contributed by atoms with E-state index >= 15 is 0 Å². The van der Waals surface area contributed by atoms with Gasteiger partial charge in [-0.05, 0) is 138 Å². The van der Waals surface area contributed by atoms with Crippen molar-refractivity contribution in [2.24, 2.45) is 0 Å². The van der Waals surface area contributed by atoms with Gasteiger partial charge in [-0.3, -0.25) is 0 Å². The number of para-hydroxylation sites is 2. The van der Waals surface area contributed by atoms with Gasteiger partial charge in [0.1, 0.15) is 0 Å². The Morgan fingerprint density at radius 2 is 0.773 bits per heavy atom. The Morgan fingerprint density at radius 1 is 0.320 bits per heavy atom. The van der Waals surface area contributed by atoms with Crippen molar-refractivity contribution in [2.75, 3.05) is 4.90 Å². The van der Waals surface area contributed by atoms with Gasteiger partial charge in [0, 0.05) is 27.8 Å². The summed E-state index contributed by atoms with van der Waals surface area (Å²) in [5.41, 5.74) is 26.0. The minimum absolute atomic E-state index is 0.108. The van der Waals surface area contributed by atoms with E-state index in [2.05, 4.69) is 287 Å². The van der Waals surface area contributed by atoms with Crippen LogP contribution in [-0.4, -0.2) is 6.71 Å². The molecule has 2 heteroatoms. The van der Waals surface area contributed by atoms with Crippen LogP contribution in [0.4, 0.5) is 17.1 Å². The average molecular weight is 954 g/mol. The van der Waals surface area contributed by atoms with E-state index in [-0.39, 0.29) is 6.71 Å². The molecule has 0 amide bonds. The minimum Gasteiger partial charge on any atom is -0.311 e. The van der Waals surface area contributed by atoms with Gasteiger partial charge in [-0.2, -0.15) is 0 Å². The fraction of sp³-hybridized carbons (Fsp3) is 0.0411. The molecular weight excluding hydrogens is 902 g/mol. The summed E-state index contributed by atoms with van der Waals surface area (Å²) in [5.74, 6) is 0. The predicted octanol–water partition coefficient (Wildman–Crippen LogP) is 17.8. The van der Waals surface area contributed by atoms with Crippen LogP contribution < -0.4 is 21.3 Å². The summed E-state index contributed by atoms with van der Waals surface area (Å²) in [6.07, 6.45) is 0. The van der Waals surface area contributed by atoms with E-state index in [4.69, 9.17) is 0 Å². The fourth-order valence-corrected chi connectivity index (χ4v) is 13.1. The summed E-state index contributed by atoms with van der Waals surface area (Å²) in [4.78, 5) is 2.60. The van der Waals surface area contributed by atoms with E-state index in [0.29, 0.717) is 0 Å². The van der Waals surface area contributed by atoms with Gasteiger partial charge < -0.3 is 4.90 Å². The van der Waals surface area contributed by atoms with Crippen LogP contribution in [0.25, 0.3) is 99.1 Å². The fourth-order valence-electron chi connectivity index (χ4n) is 13.1. The monoisotopic (exact) mass is 953 g/mol. The molecule has 1 aliphatic heterocycles. The molecule has 14 rings (SSSR count). The van der Waals surface area contributed by atoms with Crippen LogP contribution in [-0.2, 0) is 0 Å². The van der Waals surface area contributed by atoms with Gasteiger partial charge in [0.05, 0.1) is 0 Å². The first kappa shape index (κ1) is 44.5. The van der Waals surface area contributed by atoms with E-state index in [1.807, 2.05) is 0 Å². The number of anilines is 3. The molecule has 0 fully saturated rings. The highest BCUT2D eigenvalue weighted by Gasteiger charge is 2.42. The topological polar surface area (TPSA) is 3.24 Å². The summed E-state index contributed by atoms with van der Waals surface area (Å²) in [6.45, 7) is 6.79. The third-order valence-corrected chi connectivity index (χ3v) is 16.0. The lowest BCUT2D eigenvalue weighted by atomic mass is 9.32. The maximum atomic E-state index is 2.60. The highest BCUT2D eigenvalue weighted by molar-refractivity contribution is 6.99. The molecular formula is C73H52BN. The Kier molecular flexibility index (Phi) is 10.7. The molecule has 0 saturated carbocycles. The molecule has 352 valence electrons. The maximum Gasteiger partial charge on any atom is 0.248 e. The Hall–Kier alpha value is -9.24. The van der Waals surface area contributed by atoms with Crippen LogP contribution >= 0.6 is 0 Å². The molecule has 13 aromatic carbocycles. The lowest BCUT2D eigenvalue weighted by molar-refractivity contribution is 1.30. The van der Waals surface area contributed by atoms with Crippen molar-refractivity contribution in [3.8, 4) is 66.8 Å². The molecule has 1 nitrogen and oxygen atoms in total. The van der Waals surface area contributed by atoms with Gasteiger partial charge in [0.2, 0.25) is 6.71 Å². The third-order valence-electron chi connectivity index (χ3n) is 16.0. The SMILES string of the molecule is Cc1cc(C)c(B2c3ccccc3N(c3ccccc3)c3c2c(-c2c(-c4ccccc4)cccc2-c2ccccc2)c2ccc4ccc(-c5c(-c6ccccc6)cccc5-c5ccccc5)c5ccc3c2c45)c(C)c1. The molecule has 0 aliphatic carbocycles. The zero-order valence-electron chi connectivity index (χ0n) is 42.4. The van der Waals surface area contributed by atoms with Crippen LogP contribution in [0.3, 0.4) is 0 Å². The van der Waals surface area contributed by atoms with E-state index in [1.165, 1.54) is 144 Å². The normalized spacial score (nSPS) is 12.1. The Balaban J connectivity index is 1.22. The summed E-state index contributed by atoms with van der Waals surface area (Å²) in [7, 11) is 0. The van der Waals surface area contributed by atoms with Crippen molar-refractivity contribution < 1.29 is 0 Å². The highest BCUT2D eigenvalue weighted by Crippen LogP contribution is 2.53. The first-order valence-electron chi connectivity index (χ1n) is 26.3. The first-order valence-corrected chi connectivity index (χ1v) is 26.3. The first-order chi connectivity index (χ1) is 37.0. The zero-order valence-corrected chi connectivity index (χ0v) is 42.4. The molecule has 1 aliphatic rings. The molecule has 13 aromatic rings. The quantitative estimate of drug-likeness (QED) is 0.108. The third kappa shape index (κ3) is 7.16. The zero-order chi connectivity index (χ0) is 50.1. The standard InChI is InChI=1S/C73H52BN/c1-47-45-48(2)71(49(3)46-47)74-64-37-19-20-38-65(64)75(55-31-17-8-18-32-55)73-63-44-43-60-61(67-56(50-23-9-4-10-24-50)33-21-34-57(67)51-25-11-5-12-26-51)41-39-54-40-42-62(69(63)66(54)60)70(72(73)74)68-58(52-27-13-6-14-28-52)35-22-36-59(68)53-29-15-7-16-30-53/h4-46H,1-3H3. The van der Waals surface area contributed by atoms with Crippen molar-refractivity contribution in [3.05, 3.63) is 278 Å². The Labute approximate surface area is 440 Å².